The molecule has 0 atom stereocenters. The Hall–Kier alpha value is -3.96. The number of anilines is 1. The monoisotopic (exact) mass is 454 g/mol. The summed E-state index contributed by atoms with van der Waals surface area (Å²) in [5.41, 5.74) is -2.22. The minimum Gasteiger partial charge on any atom is -0.482 e. The van der Waals surface area contributed by atoms with E-state index in [1.165, 1.54) is 24.3 Å². The van der Waals surface area contributed by atoms with Crippen molar-refractivity contribution in [2.75, 3.05) is 18.5 Å². The van der Waals surface area contributed by atoms with Crippen molar-refractivity contribution in [1.82, 2.24) is 0 Å². The van der Waals surface area contributed by atoms with Crippen LogP contribution in [0.5, 0.6) is 5.75 Å². The normalized spacial score (nSPS) is 10.9. The number of alkyl halides is 3. The van der Waals surface area contributed by atoms with Crippen LogP contribution in [0, 0.1) is 10.1 Å². The Bertz CT molecular complexity index is 1020. The molecule has 1 amide bonds. The third-order valence-corrected chi connectivity index (χ3v) is 4.01. The number of amides is 1. The highest BCUT2D eigenvalue weighted by atomic mass is 19.4. The average molecular weight is 454 g/mol. The van der Waals surface area contributed by atoms with E-state index in [-0.39, 0.29) is 17.6 Å². The first kappa shape index (κ1) is 24.3. The minimum atomic E-state index is -4.80. The molecule has 0 unspecified atom stereocenters. The molecule has 9 nitrogen and oxygen atoms in total. The molecule has 2 aromatic rings. The Kier molecular flexibility index (Phi) is 7.88. The van der Waals surface area contributed by atoms with Gasteiger partial charge in [0.1, 0.15) is 11.4 Å². The minimum absolute atomic E-state index is 0.0599. The van der Waals surface area contributed by atoms with Crippen molar-refractivity contribution >= 4 is 29.0 Å². The van der Waals surface area contributed by atoms with Gasteiger partial charge in [0.2, 0.25) is 0 Å². The number of Topliss-reactive ketones (excluding diaryl/α,β-unsaturated/α-hetero) is 1. The van der Waals surface area contributed by atoms with Crippen LogP contribution in [0.25, 0.3) is 0 Å². The van der Waals surface area contributed by atoms with E-state index >= 15 is 0 Å². The summed E-state index contributed by atoms with van der Waals surface area (Å²) in [6.45, 7) is 0.313. The van der Waals surface area contributed by atoms with Crippen molar-refractivity contribution in [3.63, 3.8) is 0 Å². The van der Waals surface area contributed by atoms with E-state index in [1.807, 2.05) is 5.32 Å². The maximum Gasteiger partial charge on any atom is 0.416 e. The molecule has 32 heavy (non-hydrogen) atoms. The second-order valence-corrected chi connectivity index (χ2v) is 6.29. The van der Waals surface area contributed by atoms with Gasteiger partial charge in [-0.1, -0.05) is 6.92 Å². The number of halogens is 3. The smallest absolute Gasteiger partial charge is 0.416 e. The molecular weight excluding hydrogens is 437 g/mol. The molecule has 2 rings (SSSR count). The van der Waals surface area contributed by atoms with Crippen LogP contribution in [0.15, 0.2) is 42.5 Å². The molecule has 0 saturated heterocycles. The summed E-state index contributed by atoms with van der Waals surface area (Å²) in [5.74, 6) is -1.71. The number of hydrogen-bond acceptors (Lipinski definition) is 7. The fraction of sp³-hybridized carbons (Fsp3) is 0.250. The van der Waals surface area contributed by atoms with E-state index in [0.717, 1.165) is 6.07 Å². The molecule has 0 fully saturated rings. The molecule has 0 spiro atoms. The number of rotatable bonds is 9. The molecule has 170 valence electrons. The number of carbonyl (C=O) groups is 3. The third-order valence-electron chi connectivity index (χ3n) is 4.01. The molecule has 0 aliphatic heterocycles. The van der Waals surface area contributed by atoms with E-state index in [4.69, 9.17) is 4.74 Å². The molecule has 0 heterocycles. The number of ketones is 1. The molecule has 0 aliphatic carbocycles. The van der Waals surface area contributed by atoms with Crippen LogP contribution in [-0.4, -0.2) is 35.8 Å². The summed E-state index contributed by atoms with van der Waals surface area (Å²) in [5, 5.41) is 13.0. The summed E-state index contributed by atoms with van der Waals surface area (Å²) < 4.78 is 48.0. The molecule has 0 aromatic heterocycles. The van der Waals surface area contributed by atoms with E-state index in [9.17, 15) is 37.7 Å². The fourth-order valence-electron chi connectivity index (χ4n) is 2.42. The zero-order chi connectivity index (χ0) is 23.9. The molecular formula is C20H17F3N2O7. The number of ether oxygens (including phenoxy) is 2. The highest BCUT2D eigenvalue weighted by Crippen LogP contribution is 2.34. The van der Waals surface area contributed by atoms with Gasteiger partial charge >= 0.3 is 12.1 Å². The Labute approximate surface area is 179 Å². The lowest BCUT2D eigenvalue weighted by molar-refractivity contribution is -0.384. The third kappa shape index (κ3) is 6.79. The Balaban J connectivity index is 1.88. The van der Waals surface area contributed by atoms with Gasteiger partial charge in [0.25, 0.3) is 11.6 Å². The zero-order valence-electron chi connectivity index (χ0n) is 16.6. The first-order chi connectivity index (χ1) is 15.0. The maximum absolute atomic E-state index is 12.7. The van der Waals surface area contributed by atoms with Gasteiger partial charge in [0.05, 0.1) is 10.5 Å². The second-order valence-electron chi connectivity index (χ2n) is 6.29. The zero-order valence-corrected chi connectivity index (χ0v) is 16.6. The van der Waals surface area contributed by atoms with Gasteiger partial charge in [0.15, 0.2) is 19.0 Å². The highest BCUT2D eigenvalue weighted by Gasteiger charge is 2.33. The Morgan fingerprint density at radius 1 is 1.06 bits per heavy atom. The van der Waals surface area contributed by atoms with Crippen LogP contribution < -0.4 is 10.1 Å². The van der Waals surface area contributed by atoms with E-state index < -0.39 is 53.1 Å². The molecule has 1 N–H and O–H groups in total. The Morgan fingerprint density at radius 3 is 2.28 bits per heavy atom. The second kappa shape index (κ2) is 10.4. The summed E-state index contributed by atoms with van der Waals surface area (Å²) in [7, 11) is 0. The fourth-order valence-corrected chi connectivity index (χ4v) is 2.42. The SMILES string of the molecule is CCC(=O)c1ccc(OCC(=O)OCC(=O)Nc2ccc(C(F)(F)F)cc2[N+](=O)[O-])cc1. The van der Waals surface area contributed by atoms with Gasteiger partial charge in [-0.25, -0.2) is 4.79 Å². The highest BCUT2D eigenvalue weighted by molar-refractivity contribution is 5.96. The van der Waals surface area contributed by atoms with Crippen molar-refractivity contribution in [3.8, 4) is 5.75 Å². The molecule has 12 heteroatoms. The topological polar surface area (TPSA) is 125 Å². The summed E-state index contributed by atoms with van der Waals surface area (Å²) >= 11 is 0. The van der Waals surface area contributed by atoms with E-state index in [1.54, 1.807) is 6.92 Å². The summed E-state index contributed by atoms with van der Waals surface area (Å²) in [4.78, 5) is 45.1. The predicted molar refractivity (Wildman–Crippen MR) is 104 cm³/mol. The number of carbonyl (C=O) groups excluding carboxylic acids is 3. The molecule has 0 saturated carbocycles. The number of hydrogen-bond donors (Lipinski definition) is 1. The van der Waals surface area contributed by atoms with Gasteiger partial charge in [-0.2, -0.15) is 13.2 Å². The summed E-state index contributed by atoms with van der Waals surface area (Å²) in [6.07, 6.45) is -4.46. The lowest BCUT2D eigenvalue weighted by Crippen LogP contribution is -2.24. The molecule has 2 aromatic carbocycles. The quantitative estimate of drug-likeness (QED) is 0.265. The summed E-state index contributed by atoms with van der Waals surface area (Å²) in [6, 6.07) is 7.60. The number of benzene rings is 2. The Morgan fingerprint density at radius 2 is 1.72 bits per heavy atom. The first-order valence-corrected chi connectivity index (χ1v) is 9.08. The van der Waals surface area contributed by atoms with Gasteiger partial charge in [0, 0.05) is 18.1 Å². The lowest BCUT2D eigenvalue weighted by atomic mass is 10.1. The van der Waals surface area contributed by atoms with Crippen LogP contribution >= 0.6 is 0 Å². The maximum atomic E-state index is 12.7. The average Bonchev–Trinajstić information content (AvgIpc) is 2.75. The van der Waals surface area contributed by atoms with Crippen molar-refractivity contribution in [3.05, 3.63) is 63.7 Å². The largest absolute Gasteiger partial charge is 0.482 e. The van der Waals surface area contributed by atoms with Gasteiger partial charge in [-0.3, -0.25) is 19.7 Å². The van der Waals surface area contributed by atoms with E-state index in [2.05, 4.69) is 4.74 Å². The van der Waals surface area contributed by atoms with Crippen molar-refractivity contribution in [1.29, 1.82) is 0 Å². The van der Waals surface area contributed by atoms with Crippen LogP contribution in [-0.2, 0) is 20.5 Å². The number of nitrogens with zero attached hydrogens (tertiary/aromatic N) is 1. The number of esters is 1. The number of nitro groups is 1. The van der Waals surface area contributed by atoms with Crippen LogP contribution in [0.1, 0.15) is 29.3 Å². The number of nitro benzene ring substituents is 1. The lowest BCUT2D eigenvalue weighted by Gasteiger charge is -2.10. The standard InChI is InChI=1S/C20H17F3N2O7/c1-2-17(26)12-3-6-14(7-4-12)31-11-19(28)32-10-18(27)24-15-8-5-13(20(21,22)23)9-16(15)25(29)30/h3-9H,2,10-11H2,1H3,(H,24,27). The van der Waals surface area contributed by atoms with Crippen LogP contribution in [0.3, 0.4) is 0 Å². The number of nitrogens with one attached hydrogen (secondary N) is 1. The molecule has 0 aliphatic rings. The van der Waals surface area contributed by atoms with E-state index in [0.29, 0.717) is 18.1 Å². The van der Waals surface area contributed by atoms with Gasteiger partial charge in [-0.05, 0) is 36.4 Å². The van der Waals surface area contributed by atoms with Crippen LogP contribution in [0.2, 0.25) is 0 Å². The van der Waals surface area contributed by atoms with Crippen molar-refractivity contribution in [2.45, 2.75) is 19.5 Å². The molecule has 0 radical (unpaired) electrons. The molecule has 0 bridgehead atoms. The van der Waals surface area contributed by atoms with Gasteiger partial charge < -0.3 is 14.8 Å². The first-order valence-electron chi connectivity index (χ1n) is 9.08. The van der Waals surface area contributed by atoms with Crippen molar-refractivity contribution in [2.24, 2.45) is 0 Å². The van der Waals surface area contributed by atoms with Crippen LogP contribution in [0.4, 0.5) is 24.5 Å². The van der Waals surface area contributed by atoms with Gasteiger partial charge in [-0.15, -0.1) is 0 Å². The predicted octanol–water partition coefficient (Wildman–Crippen LogP) is 3.77. The van der Waals surface area contributed by atoms with Crippen molar-refractivity contribution < 1.29 is 42.0 Å².